The smallest absolute Gasteiger partial charge is 0.324 e. The summed E-state index contributed by atoms with van der Waals surface area (Å²) in [7, 11) is -6.63. The van der Waals surface area contributed by atoms with E-state index in [0.717, 1.165) is 12.8 Å². The molecule has 7 heteroatoms. The minimum atomic E-state index is -4.31. The second kappa shape index (κ2) is 8.28. The molecule has 19 heavy (non-hydrogen) atoms. The molecule has 0 fully saturated rings. The average molecular weight is 311 g/mol. The minimum Gasteiger partial charge on any atom is -0.324 e. The highest BCUT2D eigenvalue weighted by molar-refractivity contribution is 7.53. The first-order valence-corrected chi connectivity index (χ1v) is 9.64. The van der Waals surface area contributed by atoms with Crippen molar-refractivity contribution in [3.63, 3.8) is 0 Å². The molecule has 0 aliphatic carbocycles. The largest absolute Gasteiger partial charge is 0.509 e. The number of hydrogen-bond donors (Lipinski definition) is 3. The quantitative estimate of drug-likeness (QED) is 0.447. The minimum absolute atomic E-state index is 0.0455. The van der Waals surface area contributed by atoms with Crippen LogP contribution in [0.15, 0.2) is 11.6 Å². The van der Waals surface area contributed by atoms with E-state index in [9.17, 15) is 18.9 Å². The monoisotopic (exact) mass is 311 g/mol. The summed E-state index contributed by atoms with van der Waals surface area (Å²) in [6, 6.07) is 0. The Labute approximate surface area is 116 Å². The van der Waals surface area contributed by atoms with Gasteiger partial charge in [-0.05, 0) is 36.3 Å². The third-order valence-corrected chi connectivity index (χ3v) is 6.15. The van der Waals surface area contributed by atoms with Gasteiger partial charge in [-0.2, -0.15) is 4.89 Å². The standard InChI is InChI=1S/C12H24O5P2/c1-4-7-8-11(9-10-18(13)14)12(5-2,6-3)19(15,16)17/h9H,4-8,10H2,1-3H3,(H2-,13,14,15,16,17)/p+1. The summed E-state index contributed by atoms with van der Waals surface area (Å²) in [5, 5.41) is -1.19. The maximum absolute atomic E-state index is 11.9. The highest BCUT2D eigenvalue weighted by atomic mass is 31.2. The SMILES string of the molecule is CCCCC(=CC[P+](=O)O)C(CC)(CC)P(=O)(O)O. The predicted octanol–water partition coefficient (Wildman–Crippen LogP) is 3.57. The fraction of sp³-hybridized carbons (Fsp3) is 0.833. The molecule has 1 unspecified atom stereocenters. The van der Waals surface area contributed by atoms with Crippen LogP contribution in [0.2, 0.25) is 0 Å². The molecular formula is C12H25O5P2+. The van der Waals surface area contributed by atoms with Crippen molar-refractivity contribution in [2.24, 2.45) is 0 Å². The van der Waals surface area contributed by atoms with Gasteiger partial charge in [-0.25, -0.2) is 0 Å². The van der Waals surface area contributed by atoms with Gasteiger partial charge in [-0.15, -0.1) is 0 Å². The molecule has 0 rings (SSSR count). The highest BCUT2D eigenvalue weighted by Crippen LogP contribution is 2.59. The van der Waals surface area contributed by atoms with Gasteiger partial charge in [0.2, 0.25) is 0 Å². The van der Waals surface area contributed by atoms with Crippen LogP contribution in [0.4, 0.5) is 0 Å². The van der Waals surface area contributed by atoms with Gasteiger partial charge < -0.3 is 9.79 Å². The Bertz CT molecular complexity index is 368. The summed E-state index contributed by atoms with van der Waals surface area (Å²) in [5.41, 5.74) is 0.630. The van der Waals surface area contributed by atoms with Gasteiger partial charge in [0.25, 0.3) is 0 Å². The molecule has 1 atom stereocenters. The third kappa shape index (κ3) is 5.09. The molecule has 0 bridgehead atoms. The molecular weight excluding hydrogens is 286 g/mol. The van der Waals surface area contributed by atoms with E-state index in [-0.39, 0.29) is 6.16 Å². The molecule has 3 N–H and O–H groups in total. The van der Waals surface area contributed by atoms with Gasteiger partial charge in [-0.3, -0.25) is 4.57 Å². The first kappa shape index (κ1) is 18.9. The Balaban J connectivity index is 5.55. The zero-order chi connectivity index (χ0) is 15.1. The summed E-state index contributed by atoms with van der Waals surface area (Å²) in [4.78, 5) is 28.3. The second-order valence-corrected chi connectivity index (χ2v) is 7.66. The molecule has 0 saturated carbocycles. The number of unbranched alkanes of at least 4 members (excludes halogenated alkanes) is 1. The Morgan fingerprint density at radius 2 is 1.79 bits per heavy atom. The lowest BCUT2D eigenvalue weighted by Crippen LogP contribution is -2.30. The lowest BCUT2D eigenvalue weighted by molar-refractivity contribution is 0.326. The summed E-state index contributed by atoms with van der Waals surface area (Å²) in [5.74, 6) is 0. The van der Waals surface area contributed by atoms with Crippen LogP contribution in [0.3, 0.4) is 0 Å². The van der Waals surface area contributed by atoms with Crippen molar-refractivity contribution in [2.75, 3.05) is 6.16 Å². The van der Waals surface area contributed by atoms with E-state index in [4.69, 9.17) is 4.89 Å². The zero-order valence-electron chi connectivity index (χ0n) is 11.9. The predicted molar refractivity (Wildman–Crippen MR) is 77.7 cm³/mol. The molecule has 0 saturated heterocycles. The van der Waals surface area contributed by atoms with Crippen molar-refractivity contribution in [1.82, 2.24) is 0 Å². The highest BCUT2D eigenvalue weighted by Gasteiger charge is 2.46. The Morgan fingerprint density at radius 1 is 1.26 bits per heavy atom. The van der Waals surface area contributed by atoms with Gasteiger partial charge in [0.15, 0.2) is 6.16 Å². The summed E-state index contributed by atoms with van der Waals surface area (Å²) >= 11 is 0. The Kier molecular flexibility index (Phi) is 8.26. The number of rotatable bonds is 9. The zero-order valence-corrected chi connectivity index (χ0v) is 13.7. The van der Waals surface area contributed by atoms with Crippen LogP contribution < -0.4 is 0 Å². The Hall–Kier alpha value is -0.0500. The molecule has 0 amide bonds. The second-order valence-electron chi connectivity index (χ2n) is 4.65. The molecule has 0 radical (unpaired) electrons. The lowest BCUT2D eigenvalue weighted by Gasteiger charge is -2.35. The molecule has 0 aromatic rings. The van der Waals surface area contributed by atoms with Gasteiger partial charge in [0.05, 0.1) is 5.16 Å². The molecule has 0 aliphatic heterocycles. The van der Waals surface area contributed by atoms with Crippen LogP contribution in [0, 0.1) is 0 Å². The van der Waals surface area contributed by atoms with Crippen LogP contribution in [-0.4, -0.2) is 26.0 Å². The maximum atomic E-state index is 11.9. The van der Waals surface area contributed by atoms with E-state index in [0.29, 0.717) is 24.8 Å². The van der Waals surface area contributed by atoms with Crippen LogP contribution in [0.25, 0.3) is 0 Å². The van der Waals surface area contributed by atoms with Crippen LogP contribution in [-0.2, 0) is 9.13 Å². The summed E-state index contributed by atoms with van der Waals surface area (Å²) < 4.78 is 22.7. The normalized spacial score (nSPS) is 14.6. The van der Waals surface area contributed by atoms with Crippen LogP contribution >= 0.6 is 15.6 Å². The fourth-order valence-electron chi connectivity index (χ4n) is 2.38. The first-order chi connectivity index (χ1) is 8.75. The van der Waals surface area contributed by atoms with Gasteiger partial charge in [0.1, 0.15) is 0 Å². The number of hydrogen-bond acceptors (Lipinski definition) is 2. The molecule has 0 aliphatic rings. The van der Waals surface area contributed by atoms with Crippen molar-refractivity contribution in [2.45, 2.75) is 58.0 Å². The van der Waals surface area contributed by atoms with Crippen LogP contribution in [0.1, 0.15) is 52.9 Å². The molecule has 0 heterocycles. The topological polar surface area (TPSA) is 94.8 Å². The van der Waals surface area contributed by atoms with E-state index in [1.807, 2.05) is 6.92 Å². The van der Waals surface area contributed by atoms with Gasteiger partial charge >= 0.3 is 15.6 Å². The van der Waals surface area contributed by atoms with E-state index in [1.54, 1.807) is 19.9 Å². The molecule has 5 nitrogen and oxygen atoms in total. The van der Waals surface area contributed by atoms with Crippen molar-refractivity contribution >= 4 is 15.6 Å². The van der Waals surface area contributed by atoms with E-state index < -0.39 is 20.8 Å². The van der Waals surface area contributed by atoms with E-state index in [2.05, 4.69) is 0 Å². The molecule has 0 spiro atoms. The number of allylic oxidation sites excluding steroid dienone is 2. The lowest BCUT2D eigenvalue weighted by atomic mass is 9.88. The van der Waals surface area contributed by atoms with E-state index >= 15 is 0 Å². The van der Waals surface area contributed by atoms with Crippen LogP contribution in [0.5, 0.6) is 0 Å². The molecule has 0 aromatic heterocycles. The van der Waals surface area contributed by atoms with Crippen molar-refractivity contribution in [3.05, 3.63) is 11.6 Å². The average Bonchev–Trinajstić information content (AvgIpc) is 2.31. The van der Waals surface area contributed by atoms with Gasteiger partial charge in [-0.1, -0.05) is 32.8 Å². The van der Waals surface area contributed by atoms with Gasteiger partial charge in [0, 0.05) is 0 Å². The molecule has 0 aromatic carbocycles. The first-order valence-electron chi connectivity index (χ1n) is 6.63. The molecule has 112 valence electrons. The van der Waals surface area contributed by atoms with Crippen molar-refractivity contribution in [3.8, 4) is 0 Å². The fourth-order valence-corrected chi connectivity index (χ4v) is 4.16. The van der Waals surface area contributed by atoms with Crippen molar-refractivity contribution in [1.29, 1.82) is 0 Å². The summed E-state index contributed by atoms with van der Waals surface area (Å²) in [6.07, 6.45) is 4.45. The maximum Gasteiger partial charge on any atom is 0.509 e. The third-order valence-electron chi connectivity index (χ3n) is 3.62. The van der Waals surface area contributed by atoms with Crippen molar-refractivity contribution < 1.29 is 23.8 Å². The Morgan fingerprint density at radius 3 is 2.11 bits per heavy atom. The van der Waals surface area contributed by atoms with E-state index in [1.165, 1.54) is 0 Å². The summed E-state index contributed by atoms with van der Waals surface area (Å²) in [6.45, 7) is 5.50.